The lowest BCUT2D eigenvalue weighted by molar-refractivity contribution is -0.137. The van der Waals surface area contributed by atoms with Crippen molar-refractivity contribution in [3.8, 4) is 11.8 Å². The second kappa shape index (κ2) is 9.84. The molecule has 0 atom stereocenters. The zero-order valence-corrected chi connectivity index (χ0v) is 18.1. The van der Waals surface area contributed by atoms with Crippen LogP contribution in [0.15, 0.2) is 41.7 Å². The fraction of sp³-hybridized carbons (Fsp3) is 0.318. The highest BCUT2D eigenvalue weighted by molar-refractivity contribution is 6.34. The van der Waals surface area contributed by atoms with Gasteiger partial charge < -0.3 is 10.2 Å². The molecule has 0 unspecified atom stereocenters. The summed E-state index contributed by atoms with van der Waals surface area (Å²) >= 11 is 6.30. The minimum absolute atomic E-state index is 0.140. The summed E-state index contributed by atoms with van der Waals surface area (Å²) in [6.45, 7) is 5.64. The molecule has 2 aromatic rings. The maximum atomic E-state index is 13.2. The summed E-state index contributed by atoms with van der Waals surface area (Å²) in [6.07, 6.45) is -3.17. The van der Waals surface area contributed by atoms with E-state index in [4.69, 9.17) is 16.4 Å². The Morgan fingerprint density at radius 1 is 1.26 bits per heavy atom. The van der Waals surface area contributed by atoms with Gasteiger partial charge in [-0.25, -0.2) is 0 Å². The Bertz CT molecular complexity index is 1050. The Balaban J connectivity index is 2.24. The van der Waals surface area contributed by atoms with Crippen LogP contribution in [-0.4, -0.2) is 30.3 Å². The van der Waals surface area contributed by atoms with Crippen LogP contribution in [0.5, 0.6) is 0 Å². The summed E-state index contributed by atoms with van der Waals surface area (Å²) < 4.78 is 39.5. The van der Waals surface area contributed by atoms with Gasteiger partial charge in [0.15, 0.2) is 0 Å². The molecule has 31 heavy (non-hydrogen) atoms. The van der Waals surface area contributed by atoms with Crippen LogP contribution < -0.4 is 5.32 Å². The third kappa shape index (κ3) is 7.00. The zero-order chi connectivity index (χ0) is 23.2. The maximum Gasteiger partial charge on any atom is 0.417 e. The minimum atomic E-state index is -4.66. The number of carbonyl (C=O) groups is 1. The van der Waals surface area contributed by atoms with Crippen molar-refractivity contribution in [3.05, 3.63) is 63.9 Å². The lowest BCUT2D eigenvalue weighted by Gasteiger charge is -2.13. The van der Waals surface area contributed by atoms with Crippen LogP contribution in [0.3, 0.4) is 0 Å². The van der Waals surface area contributed by atoms with Gasteiger partial charge in [0, 0.05) is 17.2 Å². The van der Waals surface area contributed by atoms with Gasteiger partial charge in [-0.2, -0.15) is 13.2 Å². The number of aromatic nitrogens is 1. The van der Waals surface area contributed by atoms with Crippen molar-refractivity contribution in [1.29, 1.82) is 0 Å². The molecule has 0 saturated carbocycles. The van der Waals surface area contributed by atoms with Crippen LogP contribution in [0.25, 0.3) is 0 Å². The molecule has 1 N–H and O–H groups in total. The molecular weight excluding hydrogens is 431 g/mol. The van der Waals surface area contributed by atoms with Crippen LogP contribution in [0.1, 0.15) is 48.0 Å². The normalized spacial score (nSPS) is 12.1. The Morgan fingerprint density at radius 3 is 2.52 bits per heavy atom. The smallest absolute Gasteiger partial charge is 0.399 e. The number of benzene rings is 1. The van der Waals surface area contributed by atoms with Gasteiger partial charge in [-0.05, 0) is 39.0 Å². The van der Waals surface area contributed by atoms with E-state index in [0.717, 1.165) is 12.1 Å². The van der Waals surface area contributed by atoms with E-state index in [1.807, 2.05) is 20.8 Å². The molecule has 1 amide bonds. The molecule has 0 fully saturated rings. The fourth-order valence-electron chi connectivity index (χ4n) is 2.44. The number of oxime groups is 1. The minimum Gasteiger partial charge on any atom is -0.399 e. The van der Waals surface area contributed by atoms with Gasteiger partial charge in [0.1, 0.15) is 18.5 Å². The van der Waals surface area contributed by atoms with Crippen LogP contribution in [0.4, 0.5) is 13.2 Å². The molecule has 5 nitrogen and oxygen atoms in total. The second-order valence-corrected chi connectivity index (χ2v) is 7.91. The molecular formula is C22H21ClF3N3O2. The monoisotopic (exact) mass is 451 g/mol. The lowest BCUT2D eigenvalue weighted by atomic mass is 9.97. The number of amides is 1. The third-order valence-electron chi connectivity index (χ3n) is 3.79. The number of rotatable bonds is 5. The highest BCUT2D eigenvalue weighted by atomic mass is 35.5. The summed E-state index contributed by atoms with van der Waals surface area (Å²) in [7, 11) is 1.29. The van der Waals surface area contributed by atoms with Crippen molar-refractivity contribution in [2.24, 2.45) is 10.6 Å². The summed E-state index contributed by atoms with van der Waals surface area (Å²) in [5.74, 6) is 5.12. The quantitative estimate of drug-likeness (QED) is 0.398. The number of nitrogens with zero attached hydrogens (tertiary/aromatic N) is 2. The highest BCUT2D eigenvalue weighted by Gasteiger charge is 2.34. The van der Waals surface area contributed by atoms with E-state index in [1.165, 1.54) is 25.4 Å². The predicted octanol–water partition coefficient (Wildman–Crippen LogP) is 4.93. The molecule has 9 heteroatoms. The van der Waals surface area contributed by atoms with Gasteiger partial charge in [0.25, 0.3) is 5.91 Å². The Morgan fingerprint density at radius 2 is 1.94 bits per heavy atom. The van der Waals surface area contributed by atoms with E-state index < -0.39 is 23.2 Å². The van der Waals surface area contributed by atoms with Gasteiger partial charge in [-0.15, -0.1) is 0 Å². The fourth-order valence-corrected chi connectivity index (χ4v) is 2.71. The van der Waals surface area contributed by atoms with E-state index in [1.54, 1.807) is 6.07 Å². The van der Waals surface area contributed by atoms with Crippen molar-refractivity contribution >= 4 is 23.2 Å². The van der Waals surface area contributed by atoms with Crippen molar-refractivity contribution < 1.29 is 22.8 Å². The van der Waals surface area contributed by atoms with Crippen molar-refractivity contribution in [3.63, 3.8) is 0 Å². The molecule has 1 aromatic carbocycles. The third-order valence-corrected chi connectivity index (χ3v) is 4.08. The summed E-state index contributed by atoms with van der Waals surface area (Å²) in [6, 6.07) is 6.10. The maximum absolute atomic E-state index is 13.2. The topological polar surface area (TPSA) is 63.6 Å². The highest BCUT2D eigenvalue weighted by Crippen LogP contribution is 2.31. The molecule has 1 heterocycles. The zero-order valence-electron chi connectivity index (χ0n) is 17.4. The molecule has 164 valence electrons. The Hall–Kier alpha value is -3.05. The number of nitrogens with one attached hydrogen (secondary N) is 1. The van der Waals surface area contributed by atoms with Crippen LogP contribution in [0, 0.1) is 17.3 Å². The summed E-state index contributed by atoms with van der Waals surface area (Å²) in [5, 5.41) is 6.42. The van der Waals surface area contributed by atoms with E-state index in [9.17, 15) is 18.0 Å². The summed E-state index contributed by atoms with van der Waals surface area (Å²) in [4.78, 5) is 21.4. The van der Waals surface area contributed by atoms with E-state index >= 15 is 0 Å². The first-order valence-electron chi connectivity index (χ1n) is 9.16. The molecule has 0 saturated heterocycles. The van der Waals surface area contributed by atoms with Crippen LogP contribution in [-0.2, 0) is 11.0 Å². The first kappa shape index (κ1) is 24.2. The van der Waals surface area contributed by atoms with Crippen LogP contribution in [0.2, 0.25) is 5.02 Å². The molecule has 0 bridgehead atoms. The molecule has 0 spiro atoms. The first-order chi connectivity index (χ1) is 14.4. The van der Waals surface area contributed by atoms with Gasteiger partial charge >= 0.3 is 6.18 Å². The van der Waals surface area contributed by atoms with E-state index in [2.05, 4.69) is 27.3 Å². The van der Waals surface area contributed by atoms with Crippen molar-refractivity contribution in [2.75, 3.05) is 13.7 Å². The number of carbonyl (C=O) groups excluding carboxylic acids is 1. The van der Waals surface area contributed by atoms with Crippen LogP contribution >= 0.6 is 11.6 Å². The van der Waals surface area contributed by atoms with Gasteiger partial charge in [0.2, 0.25) is 0 Å². The molecule has 1 aromatic heterocycles. The first-order valence-corrected chi connectivity index (χ1v) is 9.53. The predicted molar refractivity (Wildman–Crippen MR) is 113 cm³/mol. The Kier molecular flexibility index (Phi) is 7.69. The molecule has 2 rings (SSSR count). The molecule has 0 radical (unpaired) electrons. The largest absolute Gasteiger partial charge is 0.417 e. The number of pyridine rings is 1. The average molecular weight is 452 g/mol. The molecule has 0 aliphatic carbocycles. The SMILES string of the molecule is CO/N=C(\CNC(=O)c1ccccc1C(F)(F)F)c1ncc(C#CC(C)(C)C)cc1Cl. The van der Waals surface area contributed by atoms with Gasteiger partial charge in [-0.3, -0.25) is 9.78 Å². The standard InChI is InChI=1S/C22H21ClF3N3O2/c1-21(2,3)10-9-14-11-17(23)19(27-12-14)18(29-31-4)13-28-20(30)15-7-5-6-8-16(15)22(24,25)26/h5-8,11-12H,13H2,1-4H3,(H,28,30)/b29-18+. The molecule has 0 aliphatic rings. The van der Waals surface area contributed by atoms with Crippen molar-refractivity contribution in [1.82, 2.24) is 10.3 Å². The van der Waals surface area contributed by atoms with Crippen molar-refractivity contribution in [2.45, 2.75) is 26.9 Å². The van der Waals surface area contributed by atoms with E-state index in [-0.39, 0.29) is 28.4 Å². The number of hydrogen-bond acceptors (Lipinski definition) is 4. The molecule has 0 aliphatic heterocycles. The average Bonchev–Trinajstić information content (AvgIpc) is 2.68. The van der Waals surface area contributed by atoms with E-state index in [0.29, 0.717) is 5.56 Å². The second-order valence-electron chi connectivity index (χ2n) is 7.50. The Labute approximate surface area is 183 Å². The van der Waals surface area contributed by atoms with Gasteiger partial charge in [0.05, 0.1) is 22.7 Å². The number of hydrogen-bond donors (Lipinski definition) is 1. The number of halogens is 4. The summed E-state index contributed by atoms with van der Waals surface area (Å²) in [5.41, 5.74) is -0.794. The lowest BCUT2D eigenvalue weighted by Crippen LogP contribution is -2.32. The number of alkyl halides is 3. The van der Waals surface area contributed by atoms with Gasteiger partial charge in [-0.1, -0.05) is 40.7 Å².